The van der Waals surface area contributed by atoms with Gasteiger partial charge in [-0.25, -0.2) is 4.39 Å². The van der Waals surface area contributed by atoms with Crippen molar-refractivity contribution in [1.82, 2.24) is 0 Å². The zero-order valence-electron chi connectivity index (χ0n) is 8.47. The molecule has 2 atom stereocenters. The van der Waals surface area contributed by atoms with Gasteiger partial charge >= 0.3 is 0 Å². The van der Waals surface area contributed by atoms with Crippen LogP contribution in [0.1, 0.15) is 13.3 Å². The van der Waals surface area contributed by atoms with Gasteiger partial charge in [0, 0.05) is 11.3 Å². The first-order valence-corrected chi connectivity index (χ1v) is 6.42. The van der Waals surface area contributed by atoms with E-state index >= 15 is 0 Å². The van der Waals surface area contributed by atoms with Crippen LogP contribution in [0.2, 0.25) is 5.02 Å². The summed E-state index contributed by atoms with van der Waals surface area (Å²) in [5, 5.41) is 4.45. The molecule has 0 spiro atoms. The first kappa shape index (κ1) is 11.1. The predicted octanol–water partition coefficient (Wildman–Crippen LogP) is 3.79. The summed E-state index contributed by atoms with van der Waals surface area (Å²) in [6.45, 7) is 2.18. The molecule has 1 aromatic rings. The number of thioether (sulfide) groups is 1. The summed E-state index contributed by atoms with van der Waals surface area (Å²) < 4.78 is 13.0. The van der Waals surface area contributed by atoms with Crippen molar-refractivity contribution in [3.8, 4) is 0 Å². The van der Waals surface area contributed by atoms with Gasteiger partial charge in [-0.15, -0.1) is 0 Å². The molecule has 1 aliphatic heterocycles. The molecule has 1 nitrogen and oxygen atoms in total. The molecule has 1 aliphatic rings. The summed E-state index contributed by atoms with van der Waals surface area (Å²) >= 11 is 7.92. The van der Waals surface area contributed by atoms with Crippen molar-refractivity contribution in [1.29, 1.82) is 0 Å². The van der Waals surface area contributed by atoms with E-state index in [1.165, 1.54) is 12.1 Å². The predicted molar refractivity (Wildman–Crippen MR) is 65.4 cm³/mol. The van der Waals surface area contributed by atoms with Crippen molar-refractivity contribution < 1.29 is 4.39 Å². The van der Waals surface area contributed by atoms with Crippen molar-refractivity contribution in [3.63, 3.8) is 0 Å². The van der Waals surface area contributed by atoms with Crippen LogP contribution in [0.4, 0.5) is 10.1 Å². The quantitative estimate of drug-likeness (QED) is 0.851. The number of halogens is 2. The average molecular weight is 246 g/mol. The molecule has 0 aromatic heterocycles. The number of hydrogen-bond acceptors (Lipinski definition) is 2. The number of nitrogens with one attached hydrogen (secondary N) is 1. The Hall–Kier alpha value is -0.410. The normalized spacial score (nSPS) is 25.5. The molecule has 1 aromatic carbocycles. The van der Waals surface area contributed by atoms with Crippen LogP contribution in [0.5, 0.6) is 0 Å². The zero-order valence-corrected chi connectivity index (χ0v) is 10.0. The van der Waals surface area contributed by atoms with Crippen molar-refractivity contribution in [2.75, 3.05) is 11.1 Å². The van der Waals surface area contributed by atoms with E-state index in [-0.39, 0.29) is 5.82 Å². The molecule has 82 valence electrons. The fourth-order valence-corrected chi connectivity index (χ4v) is 3.10. The van der Waals surface area contributed by atoms with Gasteiger partial charge in [0.1, 0.15) is 5.82 Å². The number of hydrogen-bond donors (Lipinski definition) is 1. The Balaban J connectivity index is 2.12. The zero-order chi connectivity index (χ0) is 10.8. The summed E-state index contributed by atoms with van der Waals surface area (Å²) in [5.74, 6) is 0.909. The van der Waals surface area contributed by atoms with Crippen LogP contribution in [-0.4, -0.2) is 17.0 Å². The van der Waals surface area contributed by atoms with Gasteiger partial charge in [0.2, 0.25) is 0 Å². The second kappa shape index (κ2) is 4.62. The third-order valence-corrected chi connectivity index (χ3v) is 4.30. The van der Waals surface area contributed by atoms with E-state index in [1.807, 2.05) is 11.8 Å². The fraction of sp³-hybridized carbons (Fsp3) is 0.455. The van der Waals surface area contributed by atoms with E-state index in [9.17, 15) is 4.39 Å². The van der Waals surface area contributed by atoms with E-state index in [1.54, 1.807) is 6.07 Å². The van der Waals surface area contributed by atoms with Crippen LogP contribution >= 0.6 is 23.4 Å². The summed E-state index contributed by atoms with van der Waals surface area (Å²) in [6, 6.07) is 4.82. The maximum atomic E-state index is 13.0. The summed E-state index contributed by atoms with van der Waals surface area (Å²) in [5.41, 5.74) is 0.705. The highest BCUT2D eigenvalue weighted by Crippen LogP contribution is 2.31. The summed E-state index contributed by atoms with van der Waals surface area (Å²) in [6.07, 6.45) is 1.11. The number of benzene rings is 1. The first-order valence-electron chi connectivity index (χ1n) is 5.00. The highest BCUT2D eigenvalue weighted by atomic mass is 35.5. The van der Waals surface area contributed by atoms with Gasteiger partial charge in [0.05, 0.1) is 10.7 Å². The molecule has 2 unspecified atom stereocenters. The van der Waals surface area contributed by atoms with E-state index in [2.05, 4.69) is 12.2 Å². The molecule has 0 aliphatic carbocycles. The van der Waals surface area contributed by atoms with Gasteiger partial charge in [0.25, 0.3) is 0 Å². The topological polar surface area (TPSA) is 12.0 Å². The Morgan fingerprint density at radius 3 is 3.00 bits per heavy atom. The Bertz CT molecular complexity index is 358. The lowest BCUT2D eigenvalue weighted by molar-refractivity contribution is 0.627. The van der Waals surface area contributed by atoms with Crippen LogP contribution in [0.3, 0.4) is 0 Å². The van der Waals surface area contributed by atoms with Gasteiger partial charge in [-0.2, -0.15) is 11.8 Å². The number of anilines is 1. The molecule has 4 heteroatoms. The highest BCUT2D eigenvalue weighted by molar-refractivity contribution is 8.00. The lowest BCUT2D eigenvalue weighted by Gasteiger charge is -2.18. The molecular formula is C11H13ClFNS. The maximum Gasteiger partial charge on any atom is 0.125 e. The molecule has 1 saturated heterocycles. The Labute approximate surface area is 98.4 Å². The van der Waals surface area contributed by atoms with Gasteiger partial charge < -0.3 is 5.32 Å². The lowest BCUT2D eigenvalue weighted by Crippen LogP contribution is -2.24. The van der Waals surface area contributed by atoms with Crippen LogP contribution in [0.15, 0.2) is 18.2 Å². The van der Waals surface area contributed by atoms with Gasteiger partial charge in [0.15, 0.2) is 0 Å². The third kappa shape index (κ3) is 2.58. The van der Waals surface area contributed by atoms with E-state index in [0.29, 0.717) is 22.0 Å². The average Bonchev–Trinajstić information content (AvgIpc) is 2.58. The molecule has 1 heterocycles. The molecule has 0 saturated carbocycles. The molecule has 15 heavy (non-hydrogen) atoms. The molecule has 1 fully saturated rings. The van der Waals surface area contributed by atoms with Crippen LogP contribution in [-0.2, 0) is 0 Å². The third-order valence-electron chi connectivity index (χ3n) is 2.65. The van der Waals surface area contributed by atoms with E-state index < -0.39 is 0 Å². The summed E-state index contributed by atoms with van der Waals surface area (Å²) in [7, 11) is 0. The molecule has 0 bridgehead atoms. The smallest absolute Gasteiger partial charge is 0.125 e. The SMILES string of the molecule is CC1SCCC1Nc1cc(F)ccc1Cl. The van der Waals surface area contributed by atoms with Crippen LogP contribution in [0, 0.1) is 5.82 Å². The Morgan fingerprint density at radius 1 is 1.53 bits per heavy atom. The number of rotatable bonds is 2. The standard InChI is InChI=1S/C11H13ClFNS/c1-7-10(4-5-15-7)14-11-6-8(13)2-3-9(11)12/h2-3,6-7,10,14H,4-5H2,1H3. The lowest BCUT2D eigenvalue weighted by atomic mass is 10.1. The fourth-order valence-electron chi connectivity index (χ4n) is 1.73. The van der Waals surface area contributed by atoms with Crippen molar-refractivity contribution in [2.24, 2.45) is 0 Å². The second-order valence-electron chi connectivity index (χ2n) is 3.74. The molecule has 2 rings (SSSR count). The van der Waals surface area contributed by atoms with Crippen molar-refractivity contribution in [3.05, 3.63) is 29.0 Å². The van der Waals surface area contributed by atoms with E-state index in [4.69, 9.17) is 11.6 Å². The summed E-state index contributed by atoms with van der Waals surface area (Å²) in [4.78, 5) is 0. The minimum Gasteiger partial charge on any atom is -0.380 e. The Morgan fingerprint density at radius 2 is 2.33 bits per heavy atom. The monoisotopic (exact) mass is 245 g/mol. The largest absolute Gasteiger partial charge is 0.380 e. The van der Waals surface area contributed by atoms with Gasteiger partial charge in [-0.05, 0) is 30.4 Å². The van der Waals surface area contributed by atoms with Crippen molar-refractivity contribution in [2.45, 2.75) is 24.6 Å². The highest BCUT2D eigenvalue weighted by Gasteiger charge is 2.24. The molecular weight excluding hydrogens is 233 g/mol. The van der Waals surface area contributed by atoms with Crippen molar-refractivity contribution >= 4 is 29.1 Å². The van der Waals surface area contributed by atoms with Gasteiger partial charge in [-0.1, -0.05) is 18.5 Å². The first-order chi connectivity index (χ1) is 7.16. The molecule has 0 amide bonds. The Kier molecular flexibility index (Phi) is 3.42. The maximum absolute atomic E-state index is 13.0. The van der Waals surface area contributed by atoms with Crippen LogP contribution in [0.25, 0.3) is 0 Å². The second-order valence-corrected chi connectivity index (χ2v) is 5.63. The van der Waals surface area contributed by atoms with E-state index in [0.717, 1.165) is 12.2 Å². The minimum absolute atomic E-state index is 0.250. The minimum atomic E-state index is -0.250. The molecule has 1 N–H and O–H groups in total. The van der Waals surface area contributed by atoms with Crippen LogP contribution < -0.4 is 5.32 Å². The molecule has 0 radical (unpaired) electrons. The van der Waals surface area contributed by atoms with Gasteiger partial charge in [-0.3, -0.25) is 0 Å².